The van der Waals surface area contributed by atoms with E-state index in [4.69, 9.17) is 16.1 Å². The van der Waals surface area contributed by atoms with E-state index in [9.17, 15) is 0 Å². The van der Waals surface area contributed by atoms with E-state index in [1.807, 2.05) is 18.2 Å². The van der Waals surface area contributed by atoms with Gasteiger partial charge in [0.15, 0.2) is 0 Å². The fourth-order valence-corrected chi connectivity index (χ4v) is 4.00. The number of nitrogens with zero attached hydrogens (tertiary/aromatic N) is 2. The third kappa shape index (κ3) is 5.05. The molecule has 1 aromatic carbocycles. The third-order valence-corrected chi connectivity index (χ3v) is 5.27. The minimum atomic E-state index is 0.176. The lowest BCUT2D eigenvalue weighted by Crippen LogP contribution is -2.44. The monoisotopic (exact) mass is 367 g/mol. The van der Waals surface area contributed by atoms with Gasteiger partial charge in [0.25, 0.3) is 0 Å². The number of para-hydroxylation sites is 2. The van der Waals surface area contributed by atoms with Gasteiger partial charge in [0.1, 0.15) is 5.82 Å². The van der Waals surface area contributed by atoms with Gasteiger partial charge in [-0.1, -0.05) is 32.1 Å². The Morgan fingerprint density at radius 3 is 2.89 bits per heavy atom. The summed E-state index contributed by atoms with van der Waals surface area (Å²) in [6.07, 6.45) is 7.59. The molecule has 1 atom stereocenters. The summed E-state index contributed by atoms with van der Waals surface area (Å²) in [7, 11) is 0. The number of aromatic amines is 1. The predicted octanol–water partition coefficient (Wildman–Crippen LogP) is 4.26. The van der Waals surface area contributed by atoms with Gasteiger partial charge in [-0.25, -0.2) is 4.98 Å². The summed E-state index contributed by atoms with van der Waals surface area (Å²) in [5, 5.41) is 8.82. The largest absolute Gasteiger partial charge is 0.341 e. The maximum atomic E-state index is 8.82. The smallest absolute Gasteiger partial charge is 0.121 e. The van der Waals surface area contributed by atoms with Crippen LogP contribution in [0.25, 0.3) is 11.0 Å². The van der Waals surface area contributed by atoms with E-state index in [2.05, 4.69) is 35.9 Å². The van der Waals surface area contributed by atoms with Gasteiger partial charge in [0.05, 0.1) is 29.3 Å². The van der Waals surface area contributed by atoms with Crippen LogP contribution in [0.5, 0.6) is 0 Å². The number of fused-ring (bicyclic) bond motifs is 1. The molecule has 0 spiro atoms. The van der Waals surface area contributed by atoms with Crippen molar-refractivity contribution in [2.45, 2.75) is 58.5 Å². The SMILES string of the molecule is CC(C)/C=C1/CCC[C@H](N(CCCCN)Cc2nc3ccccc3[nH]2)C1=N. The lowest BCUT2D eigenvalue weighted by atomic mass is 9.86. The zero-order valence-electron chi connectivity index (χ0n) is 16.7. The van der Waals surface area contributed by atoms with E-state index in [-0.39, 0.29) is 6.04 Å². The van der Waals surface area contributed by atoms with Gasteiger partial charge in [0, 0.05) is 0 Å². The maximum Gasteiger partial charge on any atom is 0.121 e. The molecule has 4 N–H and O–H groups in total. The van der Waals surface area contributed by atoms with Crippen LogP contribution in [0, 0.1) is 11.3 Å². The standard InChI is InChI=1S/C22H33N5/c1-16(2)14-17-8-7-11-20(22(17)24)27(13-6-5-12-23)15-21-25-18-9-3-4-10-19(18)26-21/h3-4,9-10,14,16,20,24H,5-8,11-13,15,23H2,1-2H3,(H,25,26)/b17-14-,24-22?/t20-/m0/s1. The Kier molecular flexibility index (Phi) is 6.80. The topological polar surface area (TPSA) is 81.8 Å². The number of nitrogens with one attached hydrogen (secondary N) is 2. The fraction of sp³-hybridized carbons (Fsp3) is 0.545. The van der Waals surface area contributed by atoms with Gasteiger partial charge in [-0.3, -0.25) is 4.90 Å². The van der Waals surface area contributed by atoms with Gasteiger partial charge >= 0.3 is 0 Å². The highest BCUT2D eigenvalue weighted by molar-refractivity contribution is 6.02. The zero-order chi connectivity index (χ0) is 19.2. The summed E-state index contributed by atoms with van der Waals surface area (Å²) in [6, 6.07) is 8.33. The Morgan fingerprint density at radius 1 is 1.33 bits per heavy atom. The highest BCUT2D eigenvalue weighted by atomic mass is 15.2. The molecule has 1 heterocycles. The molecule has 0 aliphatic heterocycles. The van der Waals surface area contributed by atoms with Crippen LogP contribution in [0.2, 0.25) is 0 Å². The van der Waals surface area contributed by atoms with Crippen molar-refractivity contribution in [1.82, 2.24) is 14.9 Å². The van der Waals surface area contributed by atoms with E-state index in [0.29, 0.717) is 5.92 Å². The first-order chi connectivity index (χ1) is 13.1. The average molecular weight is 368 g/mol. The summed E-state index contributed by atoms with van der Waals surface area (Å²) in [5.41, 5.74) is 9.83. The number of rotatable bonds is 8. The number of hydrogen-bond donors (Lipinski definition) is 3. The van der Waals surface area contributed by atoms with Gasteiger partial charge in [-0.05, 0) is 68.8 Å². The van der Waals surface area contributed by atoms with E-state index >= 15 is 0 Å². The molecule has 0 bridgehead atoms. The lowest BCUT2D eigenvalue weighted by Gasteiger charge is -2.35. The van der Waals surface area contributed by atoms with Crippen molar-refractivity contribution in [3.05, 3.63) is 41.7 Å². The van der Waals surface area contributed by atoms with Crippen LogP contribution in [0.4, 0.5) is 0 Å². The normalized spacial score (nSPS) is 19.7. The molecule has 1 aliphatic rings. The summed E-state index contributed by atoms with van der Waals surface area (Å²) in [4.78, 5) is 10.6. The van der Waals surface area contributed by atoms with E-state index in [0.717, 1.165) is 74.3 Å². The van der Waals surface area contributed by atoms with Gasteiger partial charge in [-0.15, -0.1) is 0 Å². The van der Waals surface area contributed by atoms with Crippen molar-refractivity contribution in [2.24, 2.45) is 11.7 Å². The second kappa shape index (κ2) is 9.29. The zero-order valence-corrected chi connectivity index (χ0v) is 16.7. The van der Waals surface area contributed by atoms with Crippen molar-refractivity contribution >= 4 is 16.7 Å². The number of H-pyrrole nitrogens is 1. The molecule has 1 saturated carbocycles. The molecule has 1 aromatic heterocycles. The predicted molar refractivity (Wildman–Crippen MR) is 113 cm³/mol. The van der Waals surface area contributed by atoms with Crippen molar-refractivity contribution in [3.8, 4) is 0 Å². The molecule has 0 saturated heterocycles. The van der Waals surface area contributed by atoms with Crippen LogP contribution in [0.3, 0.4) is 0 Å². The van der Waals surface area contributed by atoms with Crippen LogP contribution < -0.4 is 5.73 Å². The fourth-order valence-electron chi connectivity index (χ4n) is 4.00. The van der Waals surface area contributed by atoms with E-state index < -0.39 is 0 Å². The van der Waals surface area contributed by atoms with Crippen LogP contribution in [-0.4, -0.2) is 39.7 Å². The molecule has 27 heavy (non-hydrogen) atoms. The molecule has 1 aliphatic carbocycles. The number of aromatic nitrogens is 2. The average Bonchev–Trinajstić information content (AvgIpc) is 3.05. The van der Waals surface area contributed by atoms with Crippen molar-refractivity contribution in [2.75, 3.05) is 13.1 Å². The van der Waals surface area contributed by atoms with Crippen LogP contribution in [0.15, 0.2) is 35.9 Å². The highest BCUT2D eigenvalue weighted by Crippen LogP contribution is 2.27. The molecule has 0 radical (unpaired) electrons. The molecular weight excluding hydrogens is 334 g/mol. The van der Waals surface area contributed by atoms with E-state index in [1.165, 1.54) is 5.57 Å². The minimum absolute atomic E-state index is 0.176. The number of unbranched alkanes of at least 4 members (excludes halogenated alkanes) is 1. The van der Waals surface area contributed by atoms with E-state index in [1.54, 1.807) is 0 Å². The Labute approximate surface area is 162 Å². The van der Waals surface area contributed by atoms with Crippen LogP contribution >= 0.6 is 0 Å². The summed E-state index contributed by atoms with van der Waals surface area (Å²) in [5.74, 6) is 1.47. The number of hydrogen-bond acceptors (Lipinski definition) is 4. The van der Waals surface area contributed by atoms with Crippen LogP contribution in [-0.2, 0) is 6.54 Å². The first-order valence-corrected chi connectivity index (χ1v) is 10.3. The first-order valence-electron chi connectivity index (χ1n) is 10.3. The highest BCUT2D eigenvalue weighted by Gasteiger charge is 2.29. The Balaban J connectivity index is 1.80. The number of nitrogens with two attached hydrogens (primary N) is 1. The molecule has 2 aromatic rings. The third-order valence-electron chi connectivity index (χ3n) is 5.27. The quantitative estimate of drug-likeness (QED) is 0.610. The molecule has 3 rings (SSSR count). The van der Waals surface area contributed by atoms with Crippen molar-refractivity contribution < 1.29 is 0 Å². The summed E-state index contributed by atoms with van der Waals surface area (Å²) >= 11 is 0. The van der Waals surface area contributed by atoms with Crippen molar-refractivity contribution in [1.29, 1.82) is 5.41 Å². The molecule has 0 unspecified atom stereocenters. The van der Waals surface area contributed by atoms with Gasteiger partial charge in [0.2, 0.25) is 0 Å². The minimum Gasteiger partial charge on any atom is -0.341 e. The second-order valence-electron chi connectivity index (χ2n) is 7.92. The lowest BCUT2D eigenvalue weighted by molar-refractivity contribution is 0.208. The Hall–Kier alpha value is -1.98. The number of allylic oxidation sites excluding steroid dienone is 1. The maximum absolute atomic E-state index is 8.82. The summed E-state index contributed by atoms with van der Waals surface area (Å²) < 4.78 is 0. The number of benzene rings is 1. The summed E-state index contributed by atoms with van der Waals surface area (Å²) in [6.45, 7) is 6.81. The first kappa shape index (κ1) is 19.8. The molecule has 0 amide bonds. The number of imidazole rings is 1. The van der Waals surface area contributed by atoms with Crippen molar-refractivity contribution in [3.63, 3.8) is 0 Å². The Morgan fingerprint density at radius 2 is 2.15 bits per heavy atom. The second-order valence-corrected chi connectivity index (χ2v) is 7.92. The molecule has 5 nitrogen and oxygen atoms in total. The molecular formula is C22H33N5. The van der Waals surface area contributed by atoms with Crippen LogP contribution in [0.1, 0.15) is 51.8 Å². The van der Waals surface area contributed by atoms with Gasteiger partial charge < -0.3 is 16.1 Å². The Bertz CT molecular complexity index is 756. The molecule has 1 fully saturated rings. The van der Waals surface area contributed by atoms with Gasteiger partial charge in [-0.2, -0.15) is 0 Å². The molecule has 5 heteroatoms. The molecule has 146 valence electrons.